The van der Waals surface area contributed by atoms with Gasteiger partial charge in [0.2, 0.25) is 0 Å². The van der Waals surface area contributed by atoms with E-state index in [1.54, 1.807) is 0 Å². The summed E-state index contributed by atoms with van der Waals surface area (Å²) in [5.41, 5.74) is 7.51. The number of anilines is 1. The number of carbonyl (C=O) groups excluding carboxylic acids is 2. The lowest BCUT2D eigenvalue weighted by Gasteiger charge is -2.22. The van der Waals surface area contributed by atoms with Crippen molar-refractivity contribution in [3.63, 3.8) is 0 Å². The van der Waals surface area contributed by atoms with Gasteiger partial charge < -0.3 is 11.1 Å². The molecule has 1 aromatic carbocycles. The molecule has 0 bridgehead atoms. The molecule has 134 valence electrons. The Kier molecular flexibility index (Phi) is 4.08. The number of aromatic nitrogens is 1. The van der Waals surface area contributed by atoms with E-state index in [2.05, 4.69) is 10.6 Å². The molecule has 2 amide bonds. The minimum Gasteiger partial charge on any atom is -0.384 e. The van der Waals surface area contributed by atoms with Crippen molar-refractivity contribution in [2.75, 3.05) is 18.8 Å². The number of carbonyl (C=O) groups is 2. The van der Waals surface area contributed by atoms with Crippen molar-refractivity contribution in [1.82, 2.24) is 15.2 Å². The van der Waals surface area contributed by atoms with E-state index < -0.39 is 17.4 Å². The smallest absolute Gasteiger partial charge is 0.262 e. The number of hydrogen-bond acceptors (Lipinski definition) is 5. The standard InChI is InChI=1S/C19H20N4O3/c20-17-16-14(18(25)22-19(16)26)10-15(24)23(17)13-3-1-11(2-4-13)9-12-5-7-21-8-6-12/h1-4,10,12,21H,5-9,20H2,(H,22,25,26). The number of piperidine rings is 1. The van der Waals surface area contributed by atoms with Crippen LogP contribution in [0.15, 0.2) is 35.1 Å². The SMILES string of the molecule is Nc1c2c(cc(=O)n1-c1ccc(CC3CCNCC3)cc1)C(=O)NC2=O. The Balaban J connectivity index is 1.66. The van der Waals surface area contributed by atoms with Crippen molar-refractivity contribution in [2.45, 2.75) is 19.3 Å². The van der Waals surface area contributed by atoms with Gasteiger partial charge in [0.1, 0.15) is 5.82 Å². The van der Waals surface area contributed by atoms with Crippen LogP contribution >= 0.6 is 0 Å². The molecule has 0 aliphatic carbocycles. The largest absolute Gasteiger partial charge is 0.384 e. The third kappa shape index (κ3) is 2.80. The molecule has 0 radical (unpaired) electrons. The van der Waals surface area contributed by atoms with E-state index in [9.17, 15) is 14.4 Å². The number of nitrogen functional groups attached to an aromatic ring is 1. The molecule has 2 aliphatic rings. The number of pyridine rings is 1. The molecule has 1 fully saturated rings. The number of rotatable bonds is 3. The van der Waals surface area contributed by atoms with Crippen molar-refractivity contribution in [2.24, 2.45) is 5.92 Å². The van der Waals surface area contributed by atoms with Crippen molar-refractivity contribution < 1.29 is 9.59 Å². The fourth-order valence-electron chi connectivity index (χ4n) is 3.75. The number of imide groups is 1. The number of hydrogen-bond donors (Lipinski definition) is 3. The van der Waals surface area contributed by atoms with E-state index >= 15 is 0 Å². The third-order valence-corrected chi connectivity index (χ3v) is 5.13. The van der Waals surface area contributed by atoms with Gasteiger partial charge in [0.25, 0.3) is 17.4 Å². The van der Waals surface area contributed by atoms with E-state index in [0.717, 1.165) is 25.6 Å². The minimum absolute atomic E-state index is 0.0121. The molecular formula is C19H20N4O3. The van der Waals surface area contributed by atoms with Gasteiger partial charge in [-0.1, -0.05) is 12.1 Å². The second kappa shape index (κ2) is 6.42. The first-order valence-electron chi connectivity index (χ1n) is 8.76. The van der Waals surface area contributed by atoms with Crippen LogP contribution in [-0.4, -0.2) is 29.5 Å². The van der Waals surface area contributed by atoms with Crippen molar-refractivity contribution >= 4 is 17.6 Å². The Labute approximate surface area is 150 Å². The molecule has 0 atom stereocenters. The molecule has 1 saturated heterocycles. The second-order valence-electron chi connectivity index (χ2n) is 6.84. The van der Waals surface area contributed by atoms with Gasteiger partial charge in [-0.25, -0.2) is 0 Å². The average molecular weight is 352 g/mol. The highest BCUT2D eigenvalue weighted by Gasteiger charge is 2.31. The summed E-state index contributed by atoms with van der Waals surface area (Å²) in [6, 6.07) is 8.79. The quantitative estimate of drug-likeness (QED) is 0.710. The molecule has 2 aromatic rings. The highest BCUT2D eigenvalue weighted by molar-refractivity contribution is 6.23. The lowest BCUT2D eigenvalue weighted by atomic mass is 9.91. The van der Waals surface area contributed by atoms with E-state index in [1.807, 2.05) is 24.3 Å². The molecule has 0 saturated carbocycles. The van der Waals surface area contributed by atoms with Gasteiger partial charge in [0.15, 0.2) is 0 Å². The Hall–Kier alpha value is -2.93. The molecule has 0 spiro atoms. The zero-order valence-electron chi connectivity index (χ0n) is 14.2. The maximum Gasteiger partial charge on any atom is 0.262 e. The lowest BCUT2D eigenvalue weighted by Crippen LogP contribution is -2.28. The number of fused-ring (bicyclic) bond motifs is 1. The van der Waals surface area contributed by atoms with E-state index in [4.69, 9.17) is 5.73 Å². The van der Waals surface area contributed by atoms with Crippen LogP contribution < -0.4 is 21.9 Å². The topological polar surface area (TPSA) is 106 Å². The number of amides is 2. The molecule has 26 heavy (non-hydrogen) atoms. The molecule has 7 nitrogen and oxygen atoms in total. The number of nitrogens with zero attached hydrogens (tertiary/aromatic N) is 1. The average Bonchev–Trinajstić information content (AvgIpc) is 2.91. The summed E-state index contributed by atoms with van der Waals surface area (Å²) in [6.45, 7) is 2.12. The number of nitrogens with two attached hydrogens (primary N) is 1. The van der Waals surface area contributed by atoms with Gasteiger partial charge in [-0.05, 0) is 56.0 Å². The van der Waals surface area contributed by atoms with Gasteiger partial charge in [-0.15, -0.1) is 0 Å². The first kappa shape index (κ1) is 16.5. The van der Waals surface area contributed by atoms with Gasteiger partial charge in [0.05, 0.1) is 16.8 Å². The van der Waals surface area contributed by atoms with Crippen LogP contribution in [0.1, 0.15) is 39.1 Å². The van der Waals surface area contributed by atoms with Crippen LogP contribution in [0, 0.1) is 5.92 Å². The minimum atomic E-state index is -0.585. The summed E-state index contributed by atoms with van der Waals surface area (Å²) < 4.78 is 1.27. The van der Waals surface area contributed by atoms with Crippen molar-refractivity contribution in [3.8, 4) is 5.69 Å². The lowest BCUT2D eigenvalue weighted by molar-refractivity contribution is 0.0880. The Bertz CT molecular complexity index is 940. The predicted molar refractivity (Wildman–Crippen MR) is 97.5 cm³/mol. The monoisotopic (exact) mass is 352 g/mol. The Morgan fingerprint density at radius 3 is 2.42 bits per heavy atom. The van der Waals surface area contributed by atoms with Gasteiger partial charge in [-0.2, -0.15) is 0 Å². The first-order chi connectivity index (χ1) is 12.5. The van der Waals surface area contributed by atoms with Gasteiger partial charge in [-0.3, -0.25) is 24.3 Å². The summed E-state index contributed by atoms with van der Waals surface area (Å²) in [5, 5.41) is 5.53. The second-order valence-corrected chi connectivity index (χ2v) is 6.84. The van der Waals surface area contributed by atoms with Crippen molar-refractivity contribution in [3.05, 3.63) is 57.4 Å². The van der Waals surface area contributed by atoms with Crippen LogP contribution in [0.4, 0.5) is 5.82 Å². The van der Waals surface area contributed by atoms with Crippen LogP contribution in [0.5, 0.6) is 0 Å². The van der Waals surface area contributed by atoms with Crippen LogP contribution in [0.25, 0.3) is 5.69 Å². The number of nitrogens with one attached hydrogen (secondary N) is 2. The molecular weight excluding hydrogens is 332 g/mol. The molecule has 3 heterocycles. The zero-order chi connectivity index (χ0) is 18.3. The summed E-state index contributed by atoms with van der Waals surface area (Å²) >= 11 is 0. The highest BCUT2D eigenvalue weighted by atomic mass is 16.2. The van der Waals surface area contributed by atoms with Crippen LogP contribution in [0.3, 0.4) is 0 Å². The molecule has 2 aliphatic heterocycles. The summed E-state index contributed by atoms with van der Waals surface area (Å²) in [6.07, 6.45) is 3.34. The molecule has 7 heteroatoms. The van der Waals surface area contributed by atoms with E-state index in [0.29, 0.717) is 11.6 Å². The predicted octanol–water partition coefficient (Wildman–Crippen LogP) is 0.845. The fourth-order valence-corrected chi connectivity index (χ4v) is 3.75. The van der Waals surface area contributed by atoms with E-state index in [1.165, 1.54) is 23.0 Å². The Morgan fingerprint density at radius 1 is 1.04 bits per heavy atom. The number of benzene rings is 1. The molecule has 0 unspecified atom stereocenters. The first-order valence-corrected chi connectivity index (χ1v) is 8.76. The maximum atomic E-state index is 12.4. The van der Waals surface area contributed by atoms with Crippen LogP contribution in [-0.2, 0) is 6.42 Å². The normalized spacial score (nSPS) is 17.2. The summed E-state index contributed by atoms with van der Waals surface area (Å²) in [7, 11) is 0. The van der Waals surface area contributed by atoms with Crippen LogP contribution in [0.2, 0.25) is 0 Å². The third-order valence-electron chi connectivity index (χ3n) is 5.13. The van der Waals surface area contributed by atoms with Gasteiger partial charge >= 0.3 is 0 Å². The molecule has 1 aromatic heterocycles. The highest BCUT2D eigenvalue weighted by Crippen LogP contribution is 2.24. The van der Waals surface area contributed by atoms with Crippen molar-refractivity contribution in [1.29, 1.82) is 0 Å². The zero-order valence-corrected chi connectivity index (χ0v) is 14.2. The molecule has 4 N–H and O–H groups in total. The maximum absolute atomic E-state index is 12.4. The van der Waals surface area contributed by atoms with E-state index in [-0.39, 0.29) is 16.9 Å². The van der Waals surface area contributed by atoms with Gasteiger partial charge in [0, 0.05) is 6.07 Å². The molecule has 4 rings (SSSR count). The summed E-state index contributed by atoms with van der Waals surface area (Å²) in [5.74, 6) is -0.497. The fraction of sp³-hybridized carbons (Fsp3) is 0.316. The summed E-state index contributed by atoms with van der Waals surface area (Å²) in [4.78, 5) is 36.1. The Morgan fingerprint density at radius 2 is 1.73 bits per heavy atom.